The zero-order valence-corrected chi connectivity index (χ0v) is 16.2. The van der Waals surface area contributed by atoms with Crippen LogP contribution in [0.1, 0.15) is 39.2 Å². The molecule has 0 radical (unpaired) electrons. The van der Waals surface area contributed by atoms with Crippen LogP contribution in [0.25, 0.3) is 0 Å². The average Bonchev–Trinajstić information content (AvgIpc) is 3.26. The van der Waals surface area contributed by atoms with Crippen LogP contribution >= 0.6 is 0 Å². The Morgan fingerprint density at radius 2 is 1.73 bits per heavy atom. The van der Waals surface area contributed by atoms with Crippen molar-refractivity contribution in [2.24, 2.45) is 11.8 Å². The van der Waals surface area contributed by atoms with Gasteiger partial charge in [0.15, 0.2) is 9.84 Å². The van der Waals surface area contributed by atoms with Gasteiger partial charge in [-0.25, -0.2) is 8.42 Å². The SMILES string of the molecule is CC(C)(C)c1ccccc1NC(=O)C1CC1C(=O)NC1CCS(=O)(=O)C1. The molecule has 1 aliphatic carbocycles. The van der Waals surface area contributed by atoms with Crippen LogP contribution in [-0.2, 0) is 24.8 Å². The molecule has 3 atom stereocenters. The van der Waals surface area contributed by atoms with Gasteiger partial charge in [-0.1, -0.05) is 39.0 Å². The fraction of sp³-hybridized carbons (Fsp3) is 0.579. The lowest BCUT2D eigenvalue weighted by molar-refractivity contribution is -0.125. The molecule has 2 amide bonds. The average molecular weight is 378 g/mol. The van der Waals surface area contributed by atoms with E-state index in [0.717, 1.165) is 11.3 Å². The lowest BCUT2D eigenvalue weighted by Crippen LogP contribution is -2.37. The minimum atomic E-state index is -3.03. The van der Waals surface area contributed by atoms with E-state index in [4.69, 9.17) is 0 Å². The summed E-state index contributed by atoms with van der Waals surface area (Å²) in [5.41, 5.74) is 1.72. The van der Waals surface area contributed by atoms with Gasteiger partial charge in [-0.05, 0) is 29.9 Å². The van der Waals surface area contributed by atoms with Crippen LogP contribution in [0.15, 0.2) is 24.3 Å². The Morgan fingerprint density at radius 3 is 2.35 bits per heavy atom. The monoisotopic (exact) mass is 378 g/mol. The first kappa shape index (κ1) is 18.9. The Hall–Kier alpha value is -1.89. The minimum absolute atomic E-state index is 0.00127. The second kappa shape index (κ2) is 6.68. The fourth-order valence-corrected chi connectivity index (χ4v) is 5.14. The van der Waals surface area contributed by atoms with Crippen LogP contribution < -0.4 is 10.6 Å². The van der Waals surface area contributed by atoms with Crippen molar-refractivity contribution in [2.45, 2.75) is 45.1 Å². The van der Waals surface area contributed by atoms with Gasteiger partial charge >= 0.3 is 0 Å². The van der Waals surface area contributed by atoms with Crippen molar-refractivity contribution in [3.8, 4) is 0 Å². The summed E-state index contributed by atoms with van der Waals surface area (Å²) >= 11 is 0. The third-order valence-corrected chi connectivity index (χ3v) is 6.80. The highest BCUT2D eigenvalue weighted by Gasteiger charge is 2.49. The van der Waals surface area contributed by atoms with Crippen molar-refractivity contribution in [1.29, 1.82) is 0 Å². The predicted octanol–water partition coefficient (Wildman–Crippen LogP) is 1.86. The normalized spacial score (nSPS) is 27.0. The highest BCUT2D eigenvalue weighted by Crippen LogP contribution is 2.40. The number of para-hydroxylation sites is 1. The first-order valence-electron chi connectivity index (χ1n) is 8.98. The molecule has 1 aliphatic heterocycles. The number of nitrogens with one attached hydrogen (secondary N) is 2. The van der Waals surface area contributed by atoms with Crippen LogP contribution in [0.3, 0.4) is 0 Å². The smallest absolute Gasteiger partial charge is 0.228 e. The molecule has 3 unspecified atom stereocenters. The molecule has 7 heteroatoms. The van der Waals surface area contributed by atoms with Gasteiger partial charge in [-0.15, -0.1) is 0 Å². The van der Waals surface area contributed by atoms with Crippen LogP contribution in [0.5, 0.6) is 0 Å². The van der Waals surface area contributed by atoms with E-state index in [1.54, 1.807) is 0 Å². The number of hydrogen-bond donors (Lipinski definition) is 2. The molecule has 2 aliphatic rings. The van der Waals surface area contributed by atoms with E-state index in [2.05, 4.69) is 31.4 Å². The van der Waals surface area contributed by atoms with E-state index in [1.807, 2.05) is 24.3 Å². The van der Waals surface area contributed by atoms with Gasteiger partial charge in [0.1, 0.15) is 0 Å². The molecule has 3 rings (SSSR count). The van der Waals surface area contributed by atoms with Gasteiger partial charge in [0.25, 0.3) is 0 Å². The van der Waals surface area contributed by atoms with Crippen LogP contribution in [-0.4, -0.2) is 37.8 Å². The molecule has 0 aromatic heterocycles. The quantitative estimate of drug-likeness (QED) is 0.836. The third kappa shape index (κ3) is 4.26. The molecular formula is C19H26N2O4S. The first-order valence-corrected chi connectivity index (χ1v) is 10.8. The molecule has 6 nitrogen and oxygen atoms in total. The Bertz CT molecular complexity index is 826. The van der Waals surface area contributed by atoms with Crippen LogP contribution in [0, 0.1) is 11.8 Å². The van der Waals surface area contributed by atoms with Crippen LogP contribution in [0.4, 0.5) is 5.69 Å². The van der Waals surface area contributed by atoms with Crippen molar-refractivity contribution in [3.05, 3.63) is 29.8 Å². The lowest BCUT2D eigenvalue weighted by atomic mass is 9.86. The molecule has 1 saturated carbocycles. The number of sulfone groups is 1. The topological polar surface area (TPSA) is 92.3 Å². The predicted molar refractivity (Wildman–Crippen MR) is 101 cm³/mol. The summed E-state index contributed by atoms with van der Waals surface area (Å²) in [7, 11) is -3.03. The number of amides is 2. The maximum Gasteiger partial charge on any atom is 0.228 e. The van der Waals surface area contributed by atoms with Gasteiger partial charge in [0.2, 0.25) is 11.8 Å². The Kier molecular flexibility index (Phi) is 4.86. The molecule has 142 valence electrons. The highest BCUT2D eigenvalue weighted by molar-refractivity contribution is 7.91. The van der Waals surface area contributed by atoms with Crippen molar-refractivity contribution in [1.82, 2.24) is 5.32 Å². The summed E-state index contributed by atoms with van der Waals surface area (Å²) < 4.78 is 23.0. The molecule has 0 spiro atoms. The van der Waals surface area contributed by atoms with E-state index in [1.165, 1.54) is 0 Å². The van der Waals surface area contributed by atoms with E-state index in [9.17, 15) is 18.0 Å². The van der Waals surface area contributed by atoms with Crippen molar-refractivity contribution >= 4 is 27.3 Å². The molecular weight excluding hydrogens is 352 g/mol. The Morgan fingerprint density at radius 1 is 1.08 bits per heavy atom. The van der Waals surface area contributed by atoms with Gasteiger partial charge in [0.05, 0.1) is 23.3 Å². The van der Waals surface area contributed by atoms with Crippen molar-refractivity contribution < 1.29 is 18.0 Å². The second-order valence-electron chi connectivity index (χ2n) is 8.34. The Labute approximate surface area is 154 Å². The number of carbonyl (C=O) groups is 2. The summed E-state index contributed by atoms with van der Waals surface area (Å²) in [5.74, 6) is -0.949. The van der Waals surface area contributed by atoms with E-state index >= 15 is 0 Å². The first-order chi connectivity index (χ1) is 12.1. The van der Waals surface area contributed by atoms with Gasteiger partial charge in [0, 0.05) is 11.7 Å². The lowest BCUT2D eigenvalue weighted by Gasteiger charge is -2.23. The molecule has 1 aromatic carbocycles. The third-order valence-electron chi connectivity index (χ3n) is 5.04. The number of rotatable bonds is 4. The van der Waals surface area contributed by atoms with Crippen molar-refractivity contribution in [2.75, 3.05) is 16.8 Å². The molecule has 1 heterocycles. The van der Waals surface area contributed by atoms with Crippen molar-refractivity contribution in [3.63, 3.8) is 0 Å². The standard InChI is InChI=1S/C19H26N2O4S/c1-19(2,3)15-6-4-5-7-16(15)21-18(23)14-10-13(14)17(22)20-12-8-9-26(24,25)11-12/h4-7,12-14H,8-11H2,1-3H3,(H,20,22)(H,21,23). The zero-order chi connectivity index (χ0) is 19.1. The minimum Gasteiger partial charge on any atom is -0.352 e. The fourth-order valence-electron chi connectivity index (χ4n) is 3.46. The maximum absolute atomic E-state index is 12.5. The molecule has 0 bridgehead atoms. The van der Waals surface area contributed by atoms with E-state index in [0.29, 0.717) is 12.8 Å². The van der Waals surface area contributed by atoms with Crippen LogP contribution in [0.2, 0.25) is 0 Å². The number of carbonyl (C=O) groups excluding carboxylic acids is 2. The summed E-state index contributed by atoms with van der Waals surface area (Å²) in [6, 6.07) is 7.37. The van der Waals surface area contributed by atoms with Gasteiger partial charge in [-0.3, -0.25) is 9.59 Å². The second-order valence-corrected chi connectivity index (χ2v) is 10.6. The molecule has 1 aromatic rings. The maximum atomic E-state index is 12.5. The molecule has 26 heavy (non-hydrogen) atoms. The summed E-state index contributed by atoms with van der Waals surface area (Å²) in [5, 5.41) is 5.74. The van der Waals surface area contributed by atoms with Gasteiger partial charge < -0.3 is 10.6 Å². The Balaban J connectivity index is 1.57. The molecule has 2 N–H and O–H groups in total. The summed E-state index contributed by atoms with van der Waals surface area (Å²) in [4.78, 5) is 24.8. The van der Waals surface area contributed by atoms with Gasteiger partial charge in [-0.2, -0.15) is 0 Å². The molecule has 1 saturated heterocycles. The highest BCUT2D eigenvalue weighted by atomic mass is 32.2. The largest absolute Gasteiger partial charge is 0.352 e. The zero-order valence-electron chi connectivity index (χ0n) is 15.4. The van der Waals surface area contributed by atoms with E-state index < -0.39 is 9.84 Å². The summed E-state index contributed by atoms with van der Waals surface area (Å²) in [6.07, 6.45) is 0.964. The molecule has 2 fully saturated rings. The number of hydrogen-bond acceptors (Lipinski definition) is 4. The number of anilines is 1. The summed E-state index contributed by atoms with van der Waals surface area (Å²) in [6.45, 7) is 6.25. The van der Waals surface area contributed by atoms with E-state index in [-0.39, 0.29) is 46.6 Å². The number of benzene rings is 1.